The second-order valence-corrected chi connectivity index (χ2v) is 7.15. The summed E-state index contributed by atoms with van der Waals surface area (Å²) < 4.78 is 5.74. The minimum atomic E-state index is -0.622. The number of hydrogen-bond acceptors (Lipinski definition) is 5. The van der Waals surface area contributed by atoms with Crippen molar-refractivity contribution in [3.05, 3.63) is 59.1 Å². The summed E-state index contributed by atoms with van der Waals surface area (Å²) >= 11 is 7.19. The fourth-order valence-corrected chi connectivity index (χ4v) is 3.15. The molecule has 0 saturated heterocycles. The first-order valence-electron chi connectivity index (χ1n) is 8.19. The van der Waals surface area contributed by atoms with Gasteiger partial charge in [0, 0.05) is 10.6 Å². The average molecular weight is 388 g/mol. The molecule has 1 heterocycles. The maximum atomic E-state index is 12.5. The standard InChI is InChI=1S/C19H18ClN3O2S/c1-3-16(25-15-10-8-14(20)9-11-15)17(24)21-19-23-22-18(26-19)13-6-4-12(2)5-7-13/h4-11,16H,3H2,1-2H3,(H,21,23,24)/t16-/m1/s1. The number of rotatable bonds is 6. The van der Waals surface area contributed by atoms with Gasteiger partial charge in [-0.2, -0.15) is 0 Å². The third-order valence-electron chi connectivity index (χ3n) is 3.71. The number of carbonyl (C=O) groups is 1. The van der Waals surface area contributed by atoms with E-state index in [1.165, 1.54) is 16.9 Å². The van der Waals surface area contributed by atoms with Crippen LogP contribution in [0.5, 0.6) is 5.75 Å². The molecule has 0 fully saturated rings. The molecule has 5 nitrogen and oxygen atoms in total. The van der Waals surface area contributed by atoms with Gasteiger partial charge in [0.05, 0.1) is 0 Å². The second-order valence-electron chi connectivity index (χ2n) is 5.74. The zero-order chi connectivity index (χ0) is 18.5. The van der Waals surface area contributed by atoms with Crippen LogP contribution in [0.4, 0.5) is 5.13 Å². The Labute approximate surface area is 161 Å². The number of aryl methyl sites for hydroxylation is 1. The van der Waals surface area contributed by atoms with Crippen molar-refractivity contribution < 1.29 is 9.53 Å². The Hall–Kier alpha value is -2.44. The molecule has 0 aliphatic rings. The van der Waals surface area contributed by atoms with E-state index < -0.39 is 6.10 Å². The van der Waals surface area contributed by atoms with Gasteiger partial charge in [-0.15, -0.1) is 10.2 Å². The van der Waals surface area contributed by atoms with Crippen LogP contribution >= 0.6 is 22.9 Å². The zero-order valence-corrected chi connectivity index (χ0v) is 16.0. The van der Waals surface area contributed by atoms with Gasteiger partial charge in [-0.3, -0.25) is 10.1 Å². The van der Waals surface area contributed by atoms with Gasteiger partial charge in [-0.05, 0) is 37.6 Å². The number of benzene rings is 2. The van der Waals surface area contributed by atoms with Crippen molar-refractivity contribution >= 4 is 34.0 Å². The first-order valence-corrected chi connectivity index (χ1v) is 9.38. The Kier molecular flexibility index (Phi) is 5.85. The fourth-order valence-electron chi connectivity index (χ4n) is 2.27. The Morgan fingerprint density at radius 3 is 2.50 bits per heavy atom. The van der Waals surface area contributed by atoms with E-state index in [9.17, 15) is 4.79 Å². The van der Waals surface area contributed by atoms with Crippen molar-refractivity contribution in [2.24, 2.45) is 0 Å². The Morgan fingerprint density at radius 1 is 1.15 bits per heavy atom. The van der Waals surface area contributed by atoms with Crippen LogP contribution in [0.3, 0.4) is 0 Å². The summed E-state index contributed by atoms with van der Waals surface area (Å²) in [6.07, 6.45) is -0.0964. The van der Waals surface area contributed by atoms with Crippen LogP contribution in [0, 0.1) is 6.92 Å². The summed E-state index contributed by atoms with van der Waals surface area (Å²) in [4.78, 5) is 12.5. The molecule has 0 aliphatic carbocycles. The highest BCUT2D eigenvalue weighted by atomic mass is 35.5. The Balaban J connectivity index is 1.66. The lowest BCUT2D eigenvalue weighted by Gasteiger charge is -2.16. The monoisotopic (exact) mass is 387 g/mol. The van der Waals surface area contributed by atoms with E-state index in [1.54, 1.807) is 24.3 Å². The molecule has 3 rings (SSSR count). The average Bonchev–Trinajstić information content (AvgIpc) is 3.10. The molecule has 1 N–H and O–H groups in total. The normalized spacial score (nSPS) is 11.8. The van der Waals surface area contributed by atoms with E-state index in [4.69, 9.17) is 16.3 Å². The van der Waals surface area contributed by atoms with E-state index in [0.717, 1.165) is 10.6 Å². The summed E-state index contributed by atoms with van der Waals surface area (Å²) in [6, 6.07) is 14.9. The lowest BCUT2D eigenvalue weighted by molar-refractivity contribution is -0.122. The van der Waals surface area contributed by atoms with Crippen LogP contribution in [-0.2, 0) is 4.79 Å². The lowest BCUT2D eigenvalue weighted by Crippen LogP contribution is -2.32. The first-order chi connectivity index (χ1) is 12.5. The van der Waals surface area contributed by atoms with Crippen LogP contribution in [0.25, 0.3) is 10.6 Å². The molecule has 26 heavy (non-hydrogen) atoms. The van der Waals surface area contributed by atoms with Gasteiger partial charge in [-0.1, -0.05) is 59.7 Å². The second kappa shape index (κ2) is 8.29. The third kappa shape index (κ3) is 4.59. The van der Waals surface area contributed by atoms with Gasteiger partial charge < -0.3 is 4.74 Å². The van der Waals surface area contributed by atoms with Crippen LogP contribution < -0.4 is 10.1 Å². The number of carbonyl (C=O) groups excluding carboxylic acids is 1. The highest BCUT2D eigenvalue weighted by Gasteiger charge is 2.20. The van der Waals surface area contributed by atoms with Crippen molar-refractivity contribution in [2.45, 2.75) is 26.4 Å². The van der Waals surface area contributed by atoms with Crippen molar-refractivity contribution in [1.82, 2.24) is 10.2 Å². The predicted molar refractivity (Wildman–Crippen MR) is 105 cm³/mol. The molecule has 0 spiro atoms. The molecule has 7 heteroatoms. The van der Waals surface area contributed by atoms with Crippen LogP contribution in [-0.4, -0.2) is 22.2 Å². The number of halogens is 1. The number of aromatic nitrogens is 2. The SMILES string of the molecule is CC[C@@H](Oc1ccc(Cl)cc1)C(=O)Nc1nnc(-c2ccc(C)cc2)s1. The number of amides is 1. The molecule has 0 aliphatic heterocycles. The van der Waals surface area contributed by atoms with Gasteiger partial charge in [0.15, 0.2) is 6.10 Å². The van der Waals surface area contributed by atoms with E-state index in [2.05, 4.69) is 15.5 Å². The minimum absolute atomic E-state index is 0.256. The molecule has 1 atom stereocenters. The number of anilines is 1. The molecule has 1 aromatic heterocycles. The molecule has 3 aromatic rings. The van der Waals surface area contributed by atoms with Gasteiger partial charge in [0.25, 0.3) is 5.91 Å². The first kappa shape index (κ1) is 18.4. The number of nitrogens with one attached hydrogen (secondary N) is 1. The van der Waals surface area contributed by atoms with Gasteiger partial charge in [0.2, 0.25) is 5.13 Å². The van der Waals surface area contributed by atoms with E-state index in [-0.39, 0.29) is 5.91 Å². The molecule has 0 bridgehead atoms. The highest BCUT2D eigenvalue weighted by Crippen LogP contribution is 2.27. The fraction of sp³-hybridized carbons (Fsp3) is 0.211. The summed E-state index contributed by atoms with van der Waals surface area (Å²) in [6.45, 7) is 3.92. The van der Waals surface area contributed by atoms with Gasteiger partial charge in [0.1, 0.15) is 10.8 Å². The highest BCUT2D eigenvalue weighted by molar-refractivity contribution is 7.18. The summed E-state index contributed by atoms with van der Waals surface area (Å²) in [5, 5.41) is 12.8. The molecule has 0 radical (unpaired) electrons. The van der Waals surface area contributed by atoms with E-state index in [0.29, 0.717) is 22.3 Å². The largest absolute Gasteiger partial charge is 0.481 e. The maximum absolute atomic E-state index is 12.5. The van der Waals surface area contributed by atoms with Crippen molar-refractivity contribution in [2.75, 3.05) is 5.32 Å². The Bertz CT molecular complexity index is 879. The molecular weight excluding hydrogens is 370 g/mol. The van der Waals surface area contributed by atoms with Crippen LogP contribution in [0.2, 0.25) is 5.02 Å². The molecular formula is C19H18ClN3O2S. The zero-order valence-electron chi connectivity index (χ0n) is 14.4. The summed E-state index contributed by atoms with van der Waals surface area (Å²) in [5.41, 5.74) is 2.15. The quantitative estimate of drug-likeness (QED) is 0.649. The summed E-state index contributed by atoms with van der Waals surface area (Å²) in [7, 11) is 0. The number of nitrogens with zero attached hydrogens (tertiary/aromatic N) is 2. The lowest BCUT2D eigenvalue weighted by atomic mass is 10.2. The maximum Gasteiger partial charge on any atom is 0.267 e. The van der Waals surface area contributed by atoms with E-state index in [1.807, 2.05) is 38.1 Å². The number of hydrogen-bond donors (Lipinski definition) is 1. The molecule has 0 unspecified atom stereocenters. The topological polar surface area (TPSA) is 64.1 Å². The predicted octanol–water partition coefficient (Wildman–Crippen LogP) is 4.96. The van der Waals surface area contributed by atoms with E-state index >= 15 is 0 Å². The van der Waals surface area contributed by atoms with Crippen LogP contribution in [0.1, 0.15) is 18.9 Å². The molecule has 1 amide bonds. The molecule has 134 valence electrons. The van der Waals surface area contributed by atoms with Crippen molar-refractivity contribution in [3.8, 4) is 16.3 Å². The van der Waals surface area contributed by atoms with Crippen molar-refractivity contribution in [3.63, 3.8) is 0 Å². The van der Waals surface area contributed by atoms with Crippen LogP contribution in [0.15, 0.2) is 48.5 Å². The third-order valence-corrected chi connectivity index (χ3v) is 4.85. The molecule has 0 saturated carbocycles. The van der Waals surface area contributed by atoms with Gasteiger partial charge in [-0.25, -0.2) is 0 Å². The van der Waals surface area contributed by atoms with Crippen molar-refractivity contribution in [1.29, 1.82) is 0 Å². The molecule has 2 aromatic carbocycles. The van der Waals surface area contributed by atoms with Gasteiger partial charge >= 0.3 is 0 Å². The number of ether oxygens (including phenoxy) is 1. The Morgan fingerprint density at radius 2 is 1.85 bits per heavy atom. The smallest absolute Gasteiger partial charge is 0.267 e. The minimum Gasteiger partial charge on any atom is -0.481 e. The summed E-state index contributed by atoms with van der Waals surface area (Å²) in [5.74, 6) is 0.336.